The molecular weight excluding hydrogens is 514 g/mol. The predicted molar refractivity (Wildman–Crippen MR) is 175 cm³/mol. The van der Waals surface area contributed by atoms with Gasteiger partial charge < -0.3 is 5.11 Å². The summed E-state index contributed by atoms with van der Waals surface area (Å²) in [6, 6.07) is 31.6. The first kappa shape index (κ1) is 29.6. The summed E-state index contributed by atoms with van der Waals surface area (Å²) in [5.74, 6) is 0.205. The van der Waals surface area contributed by atoms with E-state index in [9.17, 15) is 5.11 Å². The van der Waals surface area contributed by atoms with Gasteiger partial charge in [-0.25, -0.2) is 0 Å². The van der Waals surface area contributed by atoms with Crippen LogP contribution in [0.25, 0.3) is 16.7 Å². The number of phenolic OH excluding ortho intramolecular Hbond substituents is 1. The number of unbranched alkanes of at least 4 members (excludes halogenated alkanes) is 2. The monoisotopic (exact) mass is 559 g/mol. The van der Waals surface area contributed by atoms with Gasteiger partial charge in [0.05, 0.1) is 0 Å². The van der Waals surface area contributed by atoms with E-state index in [0.29, 0.717) is 5.69 Å². The summed E-state index contributed by atoms with van der Waals surface area (Å²) in [5.41, 5.74) is 7.10. The molecule has 0 amide bonds. The lowest BCUT2D eigenvalue weighted by Crippen LogP contribution is -2.24. The lowest BCUT2D eigenvalue weighted by Gasteiger charge is -2.32. The zero-order chi connectivity index (χ0) is 30.1. The van der Waals surface area contributed by atoms with Crippen LogP contribution < -0.4 is 0 Å². The van der Waals surface area contributed by atoms with Crippen LogP contribution in [0.4, 0.5) is 0 Å². The second kappa shape index (κ2) is 11.4. The first-order valence-corrected chi connectivity index (χ1v) is 15.3. The SMILES string of the molecule is CCCCCC(C)(C)c1ccc2nn(-c3cc(C(C)(C)c4ccccc4)cc(C(C)(C)c4ccccc4)c3O)nc2c1. The molecule has 1 heterocycles. The van der Waals surface area contributed by atoms with Crippen molar-refractivity contribution in [3.05, 3.63) is 119 Å². The van der Waals surface area contributed by atoms with Gasteiger partial charge in [0.15, 0.2) is 0 Å². The molecule has 4 aromatic carbocycles. The molecule has 0 saturated heterocycles. The number of nitrogens with zero attached hydrogens (tertiary/aromatic N) is 3. The number of fused-ring (bicyclic) bond motifs is 1. The van der Waals surface area contributed by atoms with Gasteiger partial charge >= 0.3 is 0 Å². The average Bonchev–Trinajstić information content (AvgIpc) is 3.41. The number of phenols is 1. The maximum Gasteiger partial charge on any atom is 0.147 e. The summed E-state index contributed by atoms with van der Waals surface area (Å²) >= 11 is 0. The third-order valence-electron chi connectivity index (χ3n) is 9.26. The second-order valence-corrected chi connectivity index (χ2v) is 13.4. The topological polar surface area (TPSA) is 50.9 Å². The molecule has 4 nitrogen and oxygen atoms in total. The molecule has 0 fully saturated rings. The van der Waals surface area contributed by atoms with Crippen LogP contribution in [-0.4, -0.2) is 20.1 Å². The van der Waals surface area contributed by atoms with Gasteiger partial charge in [0.25, 0.3) is 0 Å². The van der Waals surface area contributed by atoms with E-state index < -0.39 is 5.41 Å². The van der Waals surface area contributed by atoms with Crippen molar-refractivity contribution in [2.45, 2.75) is 90.4 Å². The third kappa shape index (κ3) is 5.60. The highest BCUT2D eigenvalue weighted by Gasteiger charge is 2.33. The van der Waals surface area contributed by atoms with Crippen LogP contribution >= 0.6 is 0 Å². The fourth-order valence-corrected chi connectivity index (χ4v) is 6.05. The van der Waals surface area contributed by atoms with Gasteiger partial charge in [-0.1, -0.05) is 141 Å². The molecule has 5 aromatic rings. The van der Waals surface area contributed by atoms with Gasteiger partial charge in [-0.15, -0.1) is 15.0 Å². The van der Waals surface area contributed by atoms with Crippen LogP contribution in [-0.2, 0) is 16.2 Å². The minimum absolute atomic E-state index is 0.0573. The maximum atomic E-state index is 11.9. The molecule has 0 aliphatic carbocycles. The molecule has 0 radical (unpaired) electrons. The van der Waals surface area contributed by atoms with Gasteiger partial charge in [-0.05, 0) is 52.3 Å². The van der Waals surface area contributed by atoms with E-state index in [2.05, 4.69) is 127 Å². The molecule has 0 aliphatic rings. The highest BCUT2D eigenvalue weighted by molar-refractivity contribution is 5.75. The van der Waals surface area contributed by atoms with Crippen LogP contribution in [0.1, 0.15) is 102 Å². The predicted octanol–water partition coefficient (Wildman–Crippen LogP) is 9.64. The molecule has 0 spiro atoms. The average molecular weight is 560 g/mol. The lowest BCUT2D eigenvalue weighted by molar-refractivity contribution is 0.444. The van der Waals surface area contributed by atoms with Gasteiger partial charge in [-0.3, -0.25) is 0 Å². The summed E-state index contributed by atoms with van der Waals surface area (Å²) in [5, 5.41) is 21.8. The standard InChI is InChI=1S/C38H45N3O/c1-8-9-16-23-36(2,3)29-21-22-32-33(25-29)40-41(39-32)34-26-30(37(4,5)27-17-12-10-13-18-27)24-31(35(34)42)38(6,7)28-19-14-11-15-20-28/h10-15,17-22,24-26,42H,8-9,16,23H2,1-7H3. The van der Waals surface area contributed by atoms with Gasteiger partial charge in [-0.2, -0.15) is 0 Å². The Morgan fingerprint density at radius 1 is 0.619 bits per heavy atom. The van der Waals surface area contributed by atoms with Crippen molar-refractivity contribution in [2.24, 2.45) is 0 Å². The van der Waals surface area contributed by atoms with Crippen LogP contribution in [0.5, 0.6) is 5.75 Å². The second-order valence-electron chi connectivity index (χ2n) is 13.4. The Bertz CT molecular complexity index is 1660. The van der Waals surface area contributed by atoms with Crippen molar-refractivity contribution >= 4 is 11.0 Å². The van der Waals surface area contributed by atoms with Crippen LogP contribution in [0.3, 0.4) is 0 Å². The van der Waals surface area contributed by atoms with E-state index in [1.807, 2.05) is 12.1 Å². The summed E-state index contributed by atoms with van der Waals surface area (Å²) in [6.45, 7) is 15.7. The molecule has 5 rings (SSSR count). The maximum absolute atomic E-state index is 11.9. The zero-order valence-corrected chi connectivity index (χ0v) is 26.3. The number of hydrogen-bond acceptors (Lipinski definition) is 3. The molecule has 0 unspecified atom stereocenters. The Balaban J connectivity index is 1.67. The molecule has 4 heteroatoms. The van der Waals surface area contributed by atoms with E-state index in [1.54, 1.807) is 4.80 Å². The Hall–Kier alpha value is -3.92. The third-order valence-corrected chi connectivity index (χ3v) is 9.26. The largest absolute Gasteiger partial charge is 0.505 e. The number of hydrogen-bond donors (Lipinski definition) is 1. The van der Waals surface area contributed by atoms with Crippen LogP contribution in [0.15, 0.2) is 91.0 Å². The molecule has 0 aliphatic heterocycles. The van der Waals surface area contributed by atoms with E-state index in [1.165, 1.54) is 30.4 Å². The van der Waals surface area contributed by atoms with Crippen molar-refractivity contribution in [1.82, 2.24) is 15.0 Å². The Morgan fingerprint density at radius 3 is 1.83 bits per heavy atom. The molecule has 0 saturated carbocycles. The summed E-state index contributed by atoms with van der Waals surface area (Å²) in [6.07, 6.45) is 4.82. The molecule has 0 atom stereocenters. The normalized spacial score (nSPS) is 12.6. The summed E-state index contributed by atoms with van der Waals surface area (Å²) in [7, 11) is 0. The minimum Gasteiger partial charge on any atom is -0.505 e. The Labute approximate surface area is 251 Å². The van der Waals surface area contributed by atoms with Crippen molar-refractivity contribution in [3.8, 4) is 11.4 Å². The first-order chi connectivity index (χ1) is 19.9. The number of aromatic nitrogens is 3. The Kier molecular flexibility index (Phi) is 8.02. The van der Waals surface area contributed by atoms with Gasteiger partial charge in [0.2, 0.25) is 0 Å². The molecule has 218 valence electrons. The molecule has 0 bridgehead atoms. The quantitative estimate of drug-likeness (QED) is 0.173. The fraction of sp³-hybridized carbons (Fsp3) is 0.368. The Morgan fingerprint density at radius 2 is 1.21 bits per heavy atom. The van der Waals surface area contributed by atoms with Gasteiger partial charge in [0, 0.05) is 16.4 Å². The molecule has 1 aromatic heterocycles. The van der Waals surface area contributed by atoms with E-state index >= 15 is 0 Å². The number of aromatic hydroxyl groups is 1. The van der Waals surface area contributed by atoms with Gasteiger partial charge in [0.1, 0.15) is 22.5 Å². The highest BCUT2D eigenvalue weighted by Crippen LogP contribution is 2.44. The minimum atomic E-state index is -0.453. The van der Waals surface area contributed by atoms with Crippen molar-refractivity contribution in [3.63, 3.8) is 0 Å². The molecular formula is C38H45N3O. The lowest BCUT2D eigenvalue weighted by atomic mass is 9.72. The van der Waals surface area contributed by atoms with Crippen molar-refractivity contribution in [1.29, 1.82) is 0 Å². The van der Waals surface area contributed by atoms with E-state index in [4.69, 9.17) is 10.2 Å². The number of rotatable bonds is 10. The van der Waals surface area contributed by atoms with Crippen molar-refractivity contribution in [2.75, 3.05) is 0 Å². The van der Waals surface area contributed by atoms with Crippen LogP contribution in [0, 0.1) is 0 Å². The summed E-state index contributed by atoms with van der Waals surface area (Å²) < 4.78 is 0. The first-order valence-electron chi connectivity index (χ1n) is 15.3. The number of benzene rings is 4. The smallest absolute Gasteiger partial charge is 0.147 e. The molecule has 42 heavy (non-hydrogen) atoms. The van der Waals surface area contributed by atoms with Crippen LogP contribution in [0.2, 0.25) is 0 Å². The van der Waals surface area contributed by atoms with E-state index in [-0.39, 0.29) is 16.6 Å². The van der Waals surface area contributed by atoms with E-state index in [0.717, 1.165) is 34.1 Å². The highest BCUT2D eigenvalue weighted by atomic mass is 16.3. The summed E-state index contributed by atoms with van der Waals surface area (Å²) in [4.78, 5) is 1.63. The zero-order valence-electron chi connectivity index (χ0n) is 26.3. The molecule has 1 N–H and O–H groups in total. The van der Waals surface area contributed by atoms with Crippen molar-refractivity contribution < 1.29 is 5.11 Å². The fourth-order valence-electron chi connectivity index (χ4n) is 6.05.